The predicted octanol–water partition coefficient (Wildman–Crippen LogP) is 0.697. The number of amides is 3. The molecule has 0 unspecified atom stereocenters. The maximum atomic E-state index is 11.5. The van der Waals surface area contributed by atoms with Crippen molar-refractivity contribution >= 4 is 17.6 Å². The minimum Gasteiger partial charge on any atom is -0.396 e. The molecule has 0 fully saturated rings. The van der Waals surface area contributed by atoms with Crippen LogP contribution in [0.1, 0.15) is 12.8 Å². The molecule has 0 aliphatic carbocycles. The van der Waals surface area contributed by atoms with Gasteiger partial charge in [-0.1, -0.05) is 18.2 Å². The number of hydrogen-bond acceptors (Lipinski definition) is 3. The van der Waals surface area contributed by atoms with Gasteiger partial charge in [0.1, 0.15) is 0 Å². The molecule has 0 heterocycles. The van der Waals surface area contributed by atoms with Crippen LogP contribution in [-0.2, 0) is 4.79 Å². The second kappa shape index (κ2) is 8.93. The molecule has 19 heavy (non-hydrogen) atoms. The summed E-state index contributed by atoms with van der Waals surface area (Å²) in [5.74, 6) is -0.249. The summed E-state index contributed by atoms with van der Waals surface area (Å²) < 4.78 is 0. The number of carbonyl (C=O) groups is 2. The highest BCUT2D eigenvalue weighted by Gasteiger charge is 2.04. The van der Waals surface area contributed by atoms with E-state index in [1.807, 2.05) is 18.2 Å². The smallest absolute Gasteiger partial charge is 0.319 e. The van der Waals surface area contributed by atoms with E-state index in [2.05, 4.69) is 16.0 Å². The number of rotatable bonds is 7. The zero-order valence-corrected chi connectivity index (χ0v) is 10.7. The molecule has 0 saturated carbocycles. The quantitative estimate of drug-likeness (QED) is 0.547. The van der Waals surface area contributed by atoms with Crippen LogP contribution in [0.3, 0.4) is 0 Å². The molecule has 6 heteroatoms. The second-order valence-corrected chi connectivity index (χ2v) is 3.95. The van der Waals surface area contributed by atoms with Gasteiger partial charge >= 0.3 is 6.03 Å². The molecule has 1 aromatic rings. The van der Waals surface area contributed by atoms with Gasteiger partial charge in [-0.25, -0.2) is 4.79 Å². The Morgan fingerprint density at radius 2 is 1.79 bits per heavy atom. The van der Waals surface area contributed by atoms with Crippen LogP contribution in [0.15, 0.2) is 30.3 Å². The first-order chi connectivity index (χ1) is 9.22. The highest BCUT2D eigenvalue weighted by atomic mass is 16.3. The van der Waals surface area contributed by atoms with Gasteiger partial charge in [-0.15, -0.1) is 0 Å². The molecule has 0 atom stereocenters. The third-order valence-electron chi connectivity index (χ3n) is 2.35. The van der Waals surface area contributed by atoms with Crippen LogP contribution >= 0.6 is 0 Å². The number of carbonyl (C=O) groups excluding carboxylic acids is 2. The van der Waals surface area contributed by atoms with E-state index >= 15 is 0 Å². The Bertz CT molecular complexity index is 395. The Balaban J connectivity index is 2.14. The topological polar surface area (TPSA) is 90.5 Å². The van der Waals surface area contributed by atoms with Crippen LogP contribution in [0.4, 0.5) is 10.5 Å². The van der Waals surface area contributed by atoms with Crippen LogP contribution < -0.4 is 16.0 Å². The van der Waals surface area contributed by atoms with Crippen LogP contribution in [0.5, 0.6) is 0 Å². The minimum absolute atomic E-state index is 0.0716. The van der Waals surface area contributed by atoms with E-state index in [1.54, 1.807) is 12.1 Å². The molecule has 0 bridgehead atoms. The third-order valence-corrected chi connectivity index (χ3v) is 2.35. The molecule has 0 aromatic heterocycles. The molecule has 0 saturated heterocycles. The molecule has 3 amide bonds. The van der Waals surface area contributed by atoms with Gasteiger partial charge < -0.3 is 21.1 Å². The molecule has 104 valence electrons. The lowest BCUT2D eigenvalue weighted by atomic mass is 10.3. The largest absolute Gasteiger partial charge is 0.396 e. The monoisotopic (exact) mass is 265 g/mol. The van der Waals surface area contributed by atoms with Crippen molar-refractivity contribution < 1.29 is 14.7 Å². The summed E-state index contributed by atoms with van der Waals surface area (Å²) in [6, 6.07) is 8.57. The summed E-state index contributed by atoms with van der Waals surface area (Å²) in [6.07, 6.45) is 1.38. The lowest BCUT2D eigenvalue weighted by Gasteiger charge is -2.08. The Kier molecular flexibility index (Phi) is 7.04. The van der Waals surface area contributed by atoms with Crippen LogP contribution in [-0.4, -0.2) is 36.7 Å². The van der Waals surface area contributed by atoms with E-state index in [0.717, 1.165) is 6.42 Å². The number of nitrogens with one attached hydrogen (secondary N) is 3. The van der Waals surface area contributed by atoms with Gasteiger partial charge in [0.05, 0.1) is 6.54 Å². The van der Waals surface area contributed by atoms with Gasteiger partial charge in [-0.2, -0.15) is 0 Å². The van der Waals surface area contributed by atoms with Crippen molar-refractivity contribution in [2.45, 2.75) is 12.8 Å². The molecule has 0 aliphatic rings. The fourth-order valence-electron chi connectivity index (χ4n) is 1.38. The lowest BCUT2D eigenvalue weighted by molar-refractivity contribution is -0.120. The van der Waals surface area contributed by atoms with Gasteiger partial charge in [-0.05, 0) is 25.0 Å². The molecule has 4 N–H and O–H groups in total. The molecular weight excluding hydrogens is 246 g/mol. The molecular formula is C13H19N3O3. The maximum absolute atomic E-state index is 11.5. The number of aliphatic hydroxyl groups excluding tert-OH is 1. The van der Waals surface area contributed by atoms with E-state index < -0.39 is 6.03 Å². The molecule has 0 spiro atoms. The van der Waals surface area contributed by atoms with Crippen molar-refractivity contribution in [2.75, 3.05) is 25.0 Å². The van der Waals surface area contributed by atoms with E-state index in [4.69, 9.17) is 5.11 Å². The molecule has 6 nitrogen and oxygen atoms in total. The zero-order valence-electron chi connectivity index (χ0n) is 10.7. The highest BCUT2D eigenvalue weighted by Crippen LogP contribution is 2.03. The summed E-state index contributed by atoms with van der Waals surface area (Å²) in [4.78, 5) is 22.8. The Hall–Kier alpha value is -2.08. The summed E-state index contributed by atoms with van der Waals surface area (Å²) in [5, 5.41) is 16.3. The Labute approximate surface area is 112 Å². The normalized spacial score (nSPS) is 9.74. The lowest BCUT2D eigenvalue weighted by Crippen LogP contribution is -2.39. The van der Waals surface area contributed by atoms with E-state index in [0.29, 0.717) is 18.7 Å². The number of benzene rings is 1. The average Bonchev–Trinajstić information content (AvgIpc) is 2.42. The summed E-state index contributed by atoms with van der Waals surface area (Å²) in [5.41, 5.74) is 0.670. The fourth-order valence-corrected chi connectivity index (χ4v) is 1.38. The number of unbranched alkanes of at least 4 members (excludes halogenated alkanes) is 1. The van der Waals surface area contributed by atoms with Crippen LogP contribution in [0.2, 0.25) is 0 Å². The van der Waals surface area contributed by atoms with Gasteiger partial charge in [0.2, 0.25) is 5.91 Å². The highest BCUT2D eigenvalue weighted by molar-refractivity contribution is 5.92. The first-order valence-electron chi connectivity index (χ1n) is 6.20. The Morgan fingerprint density at radius 1 is 1.05 bits per heavy atom. The van der Waals surface area contributed by atoms with Gasteiger partial charge in [0.15, 0.2) is 0 Å². The third kappa shape index (κ3) is 7.05. The van der Waals surface area contributed by atoms with E-state index in [-0.39, 0.29) is 19.1 Å². The summed E-state index contributed by atoms with van der Waals surface area (Å²) in [6.45, 7) is 0.548. The predicted molar refractivity (Wildman–Crippen MR) is 72.8 cm³/mol. The molecule has 1 aromatic carbocycles. The summed E-state index contributed by atoms with van der Waals surface area (Å²) >= 11 is 0. The number of hydrogen-bond donors (Lipinski definition) is 4. The number of anilines is 1. The summed E-state index contributed by atoms with van der Waals surface area (Å²) in [7, 11) is 0. The van der Waals surface area contributed by atoms with E-state index in [9.17, 15) is 9.59 Å². The molecule has 0 radical (unpaired) electrons. The van der Waals surface area contributed by atoms with Crippen molar-refractivity contribution in [3.05, 3.63) is 30.3 Å². The minimum atomic E-state index is -0.420. The fraction of sp³-hybridized carbons (Fsp3) is 0.385. The maximum Gasteiger partial charge on any atom is 0.319 e. The zero-order chi connectivity index (χ0) is 13.9. The molecule has 0 aliphatic heterocycles. The second-order valence-electron chi connectivity index (χ2n) is 3.95. The van der Waals surface area contributed by atoms with E-state index in [1.165, 1.54) is 0 Å². The number of urea groups is 1. The van der Waals surface area contributed by atoms with Crippen molar-refractivity contribution in [3.63, 3.8) is 0 Å². The molecule has 1 rings (SSSR count). The van der Waals surface area contributed by atoms with Crippen molar-refractivity contribution in [1.29, 1.82) is 0 Å². The van der Waals surface area contributed by atoms with Crippen molar-refractivity contribution in [3.8, 4) is 0 Å². The first-order valence-corrected chi connectivity index (χ1v) is 6.20. The van der Waals surface area contributed by atoms with Crippen LogP contribution in [0.25, 0.3) is 0 Å². The van der Waals surface area contributed by atoms with Gasteiger partial charge in [0.25, 0.3) is 0 Å². The van der Waals surface area contributed by atoms with Crippen LogP contribution in [0, 0.1) is 0 Å². The van der Waals surface area contributed by atoms with Gasteiger partial charge in [0, 0.05) is 18.8 Å². The standard InChI is InChI=1S/C13H19N3O3/c17-9-5-4-8-14-12(18)10-15-13(19)16-11-6-2-1-3-7-11/h1-3,6-7,17H,4-5,8-10H2,(H,14,18)(H2,15,16,19). The van der Waals surface area contributed by atoms with Crippen molar-refractivity contribution in [2.24, 2.45) is 0 Å². The number of aliphatic hydroxyl groups is 1. The van der Waals surface area contributed by atoms with Crippen molar-refractivity contribution in [1.82, 2.24) is 10.6 Å². The average molecular weight is 265 g/mol. The van der Waals surface area contributed by atoms with Gasteiger partial charge in [-0.3, -0.25) is 4.79 Å². The number of para-hydroxylation sites is 1. The Morgan fingerprint density at radius 3 is 2.47 bits per heavy atom. The first kappa shape index (κ1) is 15.0. The SMILES string of the molecule is O=C(CNC(=O)Nc1ccccc1)NCCCCO.